The van der Waals surface area contributed by atoms with Crippen LogP contribution in [0.1, 0.15) is 36.2 Å². The minimum atomic E-state index is -3.72. The Hall–Kier alpha value is -2.87. The maximum absolute atomic E-state index is 12.8. The van der Waals surface area contributed by atoms with Crippen LogP contribution in [-0.2, 0) is 19.6 Å². The smallest absolute Gasteiger partial charge is 0.338 e. The molecule has 29 heavy (non-hydrogen) atoms. The number of anilines is 1. The molecule has 0 spiro atoms. The molecule has 0 radical (unpaired) electrons. The van der Waals surface area contributed by atoms with Crippen LogP contribution in [0, 0.1) is 6.92 Å². The predicted molar refractivity (Wildman–Crippen MR) is 111 cm³/mol. The van der Waals surface area contributed by atoms with E-state index in [4.69, 9.17) is 4.74 Å². The number of hydrogen-bond donors (Lipinski definition) is 1. The lowest BCUT2D eigenvalue weighted by atomic mass is 10.2. The maximum atomic E-state index is 12.8. The van der Waals surface area contributed by atoms with E-state index in [1.165, 1.54) is 38.2 Å². The molecule has 2 aromatic rings. The van der Waals surface area contributed by atoms with E-state index in [2.05, 4.69) is 5.32 Å². The molecule has 0 aliphatic rings. The highest BCUT2D eigenvalue weighted by molar-refractivity contribution is 7.92. The van der Waals surface area contributed by atoms with Crippen LogP contribution in [0.25, 0.3) is 0 Å². The standard InChI is InChI=1S/C21H26N2O5S/c1-5-14-22-20(24)16(3)28-21(25)17-8-10-18(11-9-17)23(4)29(26,27)19-12-6-15(2)7-13-19/h6-13,16H,5,14H2,1-4H3,(H,22,24). The summed E-state index contributed by atoms with van der Waals surface area (Å²) in [6, 6.07) is 12.5. The van der Waals surface area contributed by atoms with E-state index < -0.39 is 22.1 Å². The van der Waals surface area contributed by atoms with E-state index in [1.807, 2.05) is 13.8 Å². The van der Waals surface area contributed by atoms with E-state index in [-0.39, 0.29) is 16.4 Å². The fourth-order valence-corrected chi connectivity index (χ4v) is 3.68. The first-order valence-corrected chi connectivity index (χ1v) is 10.7. The third-order valence-corrected chi connectivity index (χ3v) is 6.15. The quantitative estimate of drug-likeness (QED) is 0.666. The zero-order valence-corrected chi connectivity index (χ0v) is 17.8. The van der Waals surface area contributed by atoms with Crippen LogP contribution in [0.2, 0.25) is 0 Å². The van der Waals surface area contributed by atoms with Crippen molar-refractivity contribution < 1.29 is 22.7 Å². The number of nitrogens with zero attached hydrogens (tertiary/aromatic N) is 1. The topological polar surface area (TPSA) is 92.8 Å². The molecule has 8 heteroatoms. The van der Waals surface area contributed by atoms with E-state index >= 15 is 0 Å². The second-order valence-corrected chi connectivity index (χ2v) is 8.64. The van der Waals surface area contributed by atoms with Gasteiger partial charge in [-0.3, -0.25) is 9.10 Å². The lowest BCUT2D eigenvalue weighted by Crippen LogP contribution is -2.36. The molecule has 0 bridgehead atoms. The number of ether oxygens (including phenoxy) is 1. The van der Waals surface area contributed by atoms with Crippen LogP contribution in [0.4, 0.5) is 5.69 Å². The summed E-state index contributed by atoms with van der Waals surface area (Å²) in [7, 11) is -2.27. The number of rotatable bonds is 8. The summed E-state index contributed by atoms with van der Waals surface area (Å²) in [4.78, 5) is 24.2. The highest BCUT2D eigenvalue weighted by Gasteiger charge is 2.22. The molecule has 0 aliphatic heterocycles. The predicted octanol–water partition coefficient (Wildman–Crippen LogP) is 2.89. The largest absolute Gasteiger partial charge is 0.449 e. The number of carbonyl (C=O) groups excluding carboxylic acids is 2. The van der Waals surface area contributed by atoms with Crippen molar-refractivity contribution in [3.05, 3.63) is 59.7 Å². The third kappa shape index (κ3) is 5.57. The number of benzene rings is 2. The van der Waals surface area contributed by atoms with Crippen molar-refractivity contribution in [2.24, 2.45) is 0 Å². The molecule has 0 aromatic heterocycles. The molecule has 7 nitrogen and oxygen atoms in total. The average molecular weight is 419 g/mol. The molecule has 1 amide bonds. The molecule has 0 saturated carbocycles. The number of sulfonamides is 1. The summed E-state index contributed by atoms with van der Waals surface area (Å²) in [5.74, 6) is -1.01. The zero-order chi connectivity index (χ0) is 21.6. The van der Waals surface area contributed by atoms with Crippen molar-refractivity contribution in [2.75, 3.05) is 17.9 Å². The van der Waals surface area contributed by atoms with Gasteiger partial charge in [0.15, 0.2) is 6.10 Å². The Morgan fingerprint density at radius 3 is 2.21 bits per heavy atom. The van der Waals surface area contributed by atoms with Gasteiger partial charge in [-0.1, -0.05) is 24.6 Å². The first-order chi connectivity index (χ1) is 13.7. The Balaban J connectivity index is 2.10. The van der Waals surface area contributed by atoms with Gasteiger partial charge in [0.2, 0.25) is 0 Å². The van der Waals surface area contributed by atoms with E-state index in [0.717, 1.165) is 16.3 Å². The third-order valence-electron chi connectivity index (χ3n) is 4.35. The van der Waals surface area contributed by atoms with Gasteiger partial charge >= 0.3 is 5.97 Å². The monoisotopic (exact) mass is 418 g/mol. The Morgan fingerprint density at radius 2 is 1.66 bits per heavy atom. The molecule has 0 aliphatic carbocycles. The molecule has 1 unspecified atom stereocenters. The van der Waals surface area contributed by atoms with Crippen molar-refractivity contribution in [1.29, 1.82) is 0 Å². The molecular weight excluding hydrogens is 392 g/mol. The van der Waals surface area contributed by atoms with Gasteiger partial charge in [0.25, 0.3) is 15.9 Å². The molecule has 0 fully saturated rings. The van der Waals surface area contributed by atoms with Gasteiger partial charge in [0, 0.05) is 13.6 Å². The summed E-state index contributed by atoms with van der Waals surface area (Å²) < 4.78 is 31.8. The van der Waals surface area contributed by atoms with Crippen LogP contribution in [0.15, 0.2) is 53.4 Å². The van der Waals surface area contributed by atoms with Gasteiger partial charge in [-0.25, -0.2) is 13.2 Å². The first kappa shape index (κ1) is 22.4. The lowest BCUT2D eigenvalue weighted by molar-refractivity contribution is -0.129. The van der Waals surface area contributed by atoms with Gasteiger partial charge in [-0.2, -0.15) is 0 Å². The van der Waals surface area contributed by atoms with Gasteiger partial charge < -0.3 is 10.1 Å². The van der Waals surface area contributed by atoms with Crippen LogP contribution in [0.3, 0.4) is 0 Å². The van der Waals surface area contributed by atoms with Crippen molar-refractivity contribution in [3.63, 3.8) is 0 Å². The molecule has 1 N–H and O–H groups in total. The fourth-order valence-electron chi connectivity index (χ4n) is 2.49. The second kappa shape index (κ2) is 9.56. The minimum Gasteiger partial charge on any atom is -0.449 e. The van der Waals surface area contributed by atoms with E-state index in [0.29, 0.717) is 12.2 Å². The number of esters is 1. The van der Waals surface area contributed by atoms with Crippen LogP contribution in [0.5, 0.6) is 0 Å². The average Bonchev–Trinajstić information content (AvgIpc) is 2.71. The van der Waals surface area contributed by atoms with Crippen LogP contribution < -0.4 is 9.62 Å². The SMILES string of the molecule is CCCNC(=O)C(C)OC(=O)c1ccc(N(C)S(=O)(=O)c2ccc(C)cc2)cc1. The van der Waals surface area contributed by atoms with Gasteiger partial charge in [0.1, 0.15) is 0 Å². The maximum Gasteiger partial charge on any atom is 0.338 e. The van der Waals surface area contributed by atoms with Crippen molar-refractivity contribution in [3.8, 4) is 0 Å². The zero-order valence-electron chi connectivity index (χ0n) is 17.0. The number of carbonyl (C=O) groups is 2. The molecular formula is C21H26N2O5S. The Kier molecular flexibility index (Phi) is 7.39. The number of hydrogen-bond acceptors (Lipinski definition) is 5. The molecule has 2 rings (SSSR count). The normalized spacial score (nSPS) is 12.1. The van der Waals surface area contributed by atoms with Gasteiger partial charge in [-0.15, -0.1) is 0 Å². The molecule has 1 atom stereocenters. The first-order valence-electron chi connectivity index (χ1n) is 9.31. The second-order valence-electron chi connectivity index (χ2n) is 6.67. The van der Waals surface area contributed by atoms with Crippen LogP contribution >= 0.6 is 0 Å². The van der Waals surface area contributed by atoms with Gasteiger partial charge in [-0.05, 0) is 56.7 Å². The van der Waals surface area contributed by atoms with Gasteiger partial charge in [0.05, 0.1) is 16.1 Å². The summed E-state index contributed by atoms with van der Waals surface area (Å²) in [6.45, 7) is 5.82. The fraction of sp³-hybridized carbons (Fsp3) is 0.333. The lowest BCUT2D eigenvalue weighted by Gasteiger charge is -2.20. The van der Waals surface area contributed by atoms with Crippen molar-refractivity contribution in [1.82, 2.24) is 5.32 Å². The number of amides is 1. The minimum absolute atomic E-state index is 0.181. The summed E-state index contributed by atoms with van der Waals surface area (Å²) in [6.07, 6.45) is -0.134. The van der Waals surface area contributed by atoms with Crippen molar-refractivity contribution >= 4 is 27.6 Å². The summed E-state index contributed by atoms with van der Waals surface area (Å²) in [5, 5.41) is 2.66. The highest BCUT2D eigenvalue weighted by atomic mass is 32.2. The van der Waals surface area contributed by atoms with E-state index in [9.17, 15) is 18.0 Å². The Labute approximate surface area is 171 Å². The highest BCUT2D eigenvalue weighted by Crippen LogP contribution is 2.23. The number of nitrogens with one attached hydrogen (secondary N) is 1. The molecule has 0 heterocycles. The Bertz CT molecular complexity index is 954. The van der Waals surface area contributed by atoms with E-state index in [1.54, 1.807) is 24.3 Å². The van der Waals surface area contributed by atoms with Crippen LogP contribution in [-0.4, -0.2) is 40.0 Å². The molecule has 2 aromatic carbocycles. The summed E-state index contributed by atoms with van der Waals surface area (Å²) in [5.41, 5.74) is 1.59. The Morgan fingerprint density at radius 1 is 1.07 bits per heavy atom. The van der Waals surface area contributed by atoms with Crippen molar-refractivity contribution in [2.45, 2.75) is 38.2 Å². The molecule has 156 valence electrons. The number of aryl methyl sites for hydroxylation is 1. The molecule has 0 saturated heterocycles. The summed E-state index contributed by atoms with van der Waals surface area (Å²) >= 11 is 0.